The average Bonchev–Trinajstić information content (AvgIpc) is 1.96. The molecule has 6 heteroatoms. The minimum absolute atomic E-state index is 0.114. The van der Waals surface area contributed by atoms with Crippen LogP contribution in [-0.2, 0) is 14.1 Å². The molecule has 0 aliphatic carbocycles. The number of hydrogen-bond acceptors (Lipinski definition) is 3. The molecule has 2 N–H and O–H groups in total. The molecule has 78 valence electrons. The molecule has 0 aromatic rings. The molecule has 0 fully saturated rings. The van der Waals surface area contributed by atoms with Crippen LogP contribution in [0.4, 0.5) is 0 Å². The van der Waals surface area contributed by atoms with Gasteiger partial charge in [-0.15, -0.1) is 0 Å². The van der Waals surface area contributed by atoms with E-state index in [1.807, 2.05) is 0 Å². The third-order valence-electron chi connectivity index (χ3n) is 1.44. The Morgan fingerprint density at radius 3 is 2.15 bits per heavy atom. The summed E-state index contributed by atoms with van der Waals surface area (Å²) in [6.07, 6.45) is 0.114. The van der Waals surface area contributed by atoms with Crippen molar-refractivity contribution in [2.45, 2.75) is 33.0 Å². The van der Waals surface area contributed by atoms with Crippen molar-refractivity contribution in [2.24, 2.45) is 5.92 Å². The smallest absolute Gasteiger partial charge is 0.366 e. The summed E-state index contributed by atoms with van der Waals surface area (Å²) in [6.45, 7) is 4.75. The van der Waals surface area contributed by atoms with Crippen LogP contribution in [0.3, 0.4) is 0 Å². The Balaban J connectivity index is 4.46. The maximum Gasteiger partial charge on any atom is 0.366 e. The molecule has 0 saturated carbocycles. The lowest BCUT2D eigenvalue weighted by Gasteiger charge is -2.21. The van der Waals surface area contributed by atoms with Gasteiger partial charge in [0.2, 0.25) is 5.85 Å². The summed E-state index contributed by atoms with van der Waals surface area (Å²) in [5, 5.41) is 0. The summed E-state index contributed by atoms with van der Waals surface area (Å²) in [5.74, 6) is -2.31. The maximum absolute atomic E-state index is 10.8. The van der Waals surface area contributed by atoms with Crippen LogP contribution in [0, 0.1) is 5.92 Å². The van der Waals surface area contributed by atoms with Crippen molar-refractivity contribution in [2.75, 3.05) is 0 Å². The normalized spacial score (nSPS) is 14.3. The molecule has 0 spiro atoms. The van der Waals surface area contributed by atoms with Crippen LogP contribution in [0.5, 0.6) is 0 Å². The van der Waals surface area contributed by atoms with Crippen LogP contribution in [-0.4, -0.2) is 21.6 Å². The molecule has 0 amide bonds. The van der Waals surface area contributed by atoms with E-state index in [2.05, 4.69) is 4.74 Å². The fourth-order valence-corrected chi connectivity index (χ4v) is 1.84. The molecule has 0 radical (unpaired) electrons. The van der Waals surface area contributed by atoms with Crippen molar-refractivity contribution >= 4 is 13.6 Å². The molecular formula is C7H15O5P. The van der Waals surface area contributed by atoms with Crippen LogP contribution in [0.25, 0.3) is 0 Å². The van der Waals surface area contributed by atoms with E-state index in [4.69, 9.17) is 9.79 Å². The first-order chi connectivity index (χ1) is 5.79. The van der Waals surface area contributed by atoms with Gasteiger partial charge >= 0.3 is 13.6 Å². The van der Waals surface area contributed by atoms with Gasteiger partial charge in [0.15, 0.2) is 0 Å². The highest BCUT2D eigenvalue weighted by Crippen LogP contribution is 2.45. The molecule has 0 aliphatic heterocycles. The third-order valence-corrected chi connectivity index (χ3v) is 2.81. The zero-order valence-electron chi connectivity index (χ0n) is 7.93. The van der Waals surface area contributed by atoms with Crippen molar-refractivity contribution in [3.8, 4) is 0 Å². The Kier molecular flexibility index (Phi) is 4.61. The van der Waals surface area contributed by atoms with Crippen LogP contribution in [0.15, 0.2) is 0 Å². The van der Waals surface area contributed by atoms with E-state index in [1.54, 1.807) is 20.8 Å². The van der Waals surface area contributed by atoms with Gasteiger partial charge in [-0.05, 0) is 0 Å². The molecule has 0 bridgehead atoms. The second-order valence-corrected chi connectivity index (χ2v) is 4.75. The first kappa shape index (κ1) is 12.6. The number of rotatable bonds is 4. The van der Waals surface area contributed by atoms with Crippen molar-refractivity contribution in [3.63, 3.8) is 0 Å². The molecule has 1 atom stereocenters. The standard InChI is InChI=1S/C7H15O5P/c1-4-6(8)12-7(5(2)3)13(9,10)11/h5,7H,4H2,1-3H3,(H2,9,10,11). The number of hydrogen-bond donors (Lipinski definition) is 2. The van der Waals surface area contributed by atoms with E-state index in [0.29, 0.717) is 0 Å². The third kappa shape index (κ3) is 4.41. The number of carbonyl (C=O) groups is 1. The Hall–Kier alpha value is -0.380. The van der Waals surface area contributed by atoms with E-state index in [-0.39, 0.29) is 6.42 Å². The van der Waals surface area contributed by atoms with E-state index in [1.165, 1.54) is 0 Å². The van der Waals surface area contributed by atoms with Gasteiger partial charge in [0.25, 0.3) is 0 Å². The van der Waals surface area contributed by atoms with Crippen molar-refractivity contribution < 1.29 is 23.9 Å². The van der Waals surface area contributed by atoms with Gasteiger partial charge < -0.3 is 14.5 Å². The van der Waals surface area contributed by atoms with Gasteiger partial charge in [-0.25, -0.2) is 0 Å². The quantitative estimate of drug-likeness (QED) is 0.536. The van der Waals surface area contributed by atoms with Crippen LogP contribution in [0.2, 0.25) is 0 Å². The zero-order valence-corrected chi connectivity index (χ0v) is 8.82. The largest absolute Gasteiger partial charge is 0.449 e. The van der Waals surface area contributed by atoms with E-state index in [0.717, 1.165) is 0 Å². The zero-order chi connectivity index (χ0) is 10.6. The minimum Gasteiger partial charge on any atom is -0.449 e. The Bertz CT molecular complexity index is 219. The Morgan fingerprint density at radius 1 is 1.46 bits per heavy atom. The summed E-state index contributed by atoms with van der Waals surface area (Å²) in [5.41, 5.74) is 0. The lowest BCUT2D eigenvalue weighted by molar-refractivity contribution is -0.147. The lowest BCUT2D eigenvalue weighted by atomic mass is 10.2. The lowest BCUT2D eigenvalue weighted by Crippen LogP contribution is -2.23. The Morgan fingerprint density at radius 2 is 1.92 bits per heavy atom. The minimum atomic E-state index is -4.34. The molecular weight excluding hydrogens is 195 g/mol. The molecule has 1 unspecified atom stereocenters. The predicted octanol–water partition coefficient (Wildman–Crippen LogP) is 1.10. The highest BCUT2D eigenvalue weighted by Gasteiger charge is 2.34. The SMILES string of the molecule is CCC(=O)OC(C(C)C)P(=O)(O)O. The van der Waals surface area contributed by atoms with Crippen molar-refractivity contribution in [1.29, 1.82) is 0 Å². The summed E-state index contributed by atoms with van der Waals surface area (Å²) >= 11 is 0. The average molecular weight is 210 g/mol. The number of ether oxygens (including phenoxy) is 1. The summed E-state index contributed by atoms with van der Waals surface area (Å²) < 4.78 is 15.5. The summed E-state index contributed by atoms with van der Waals surface area (Å²) in [6, 6.07) is 0. The number of carbonyl (C=O) groups excluding carboxylic acids is 1. The monoisotopic (exact) mass is 210 g/mol. The highest BCUT2D eigenvalue weighted by atomic mass is 31.2. The molecule has 13 heavy (non-hydrogen) atoms. The summed E-state index contributed by atoms with van der Waals surface area (Å²) in [7, 11) is -4.34. The van der Waals surface area contributed by atoms with E-state index < -0.39 is 25.3 Å². The van der Waals surface area contributed by atoms with Gasteiger partial charge in [0.1, 0.15) is 0 Å². The predicted molar refractivity (Wildman–Crippen MR) is 47.1 cm³/mol. The first-order valence-electron chi connectivity index (χ1n) is 4.03. The Labute approximate surface area is 77.3 Å². The van der Waals surface area contributed by atoms with Gasteiger partial charge in [0, 0.05) is 12.3 Å². The van der Waals surface area contributed by atoms with Crippen LogP contribution >= 0.6 is 7.60 Å². The van der Waals surface area contributed by atoms with Gasteiger partial charge in [0.05, 0.1) is 0 Å². The maximum atomic E-state index is 10.8. The fraction of sp³-hybridized carbons (Fsp3) is 0.857. The van der Waals surface area contributed by atoms with Crippen LogP contribution in [0.1, 0.15) is 27.2 Å². The molecule has 0 aromatic carbocycles. The first-order valence-corrected chi connectivity index (χ1v) is 5.71. The van der Waals surface area contributed by atoms with Gasteiger partial charge in [-0.2, -0.15) is 0 Å². The van der Waals surface area contributed by atoms with E-state index in [9.17, 15) is 9.36 Å². The second kappa shape index (κ2) is 4.74. The summed E-state index contributed by atoms with van der Waals surface area (Å²) in [4.78, 5) is 28.5. The van der Waals surface area contributed by atoms with Gasteiger partial charge in [-0.1, -0.05) is 20.8 Å². The molecule has 0 rings (SSSR count). The fourth-order valence-electron chi connectivity index (χ4n) is 0.811. The topological polar surface area (TPSA) is 83.8 Å². The van der Waals surface area contributed by atoms with Crippen molar-refractivity contribution in [1.82, 2.24) is 0 Å². The molecule has 0 saturated heterocycles. The molecule has 0 aromatic heterocycles. The van der Waals surface area contributed by atoms with Crippen molar-refractivity contribution in [3.05, 3.63) is 0 Å². The van der Waals surface area contributed by atoms with Gasteiger partial charge in [-0.3, -0.25) is 9.36 Å². The van der Waals surface area contributed by atoms with E-state index >= 15 is 0 Å². The second-order valence-electron chi connectivity index (χ2n) is 3.07. The highest BCUT2D eigenvalue weighted by molar-refractivity contribution is 7.52. The molecule has 0 heterocycles. The number of esters is 1. The van der Waals surface area contributed by atoms with Crippen LogP contribution < -0.4 is 0 Å². The molecule has 0 aliphatic rings. The molecule has 5 nitrogen and oxygen atoms in total.